The van der Waals surface area contributed by atoms with Crippen LogP contribution in [0.2, 0.25) is 0 Å². The van der Waals surface area contributed by atoms with E-state index in [9.17, 15) is 8.42 Å². The summed E-state index contributed by atoms with van der Waals surface area (Å²) in [6, 6.07) is 7.29. The van der Waals surface area contributed by atoms with E-state index in [1.165, 1.54) is 0 Å². The second-order valence-corrected chi connectivity index (χ2v) is 7.48. The molecule has 7 heteroatoms. The number of rotatable bonds is 2. The molecule has 1 N–H and O–H groups in total. The Kier molecular flexibility index (Phi) is 5.82. The predicted octanol–water partition coefficient (Wildman–Crippen LogP) is 2.24. The number of piperazine rings is 1. The highest BCUT2D eigenvalue weighted by Gasteiger charge is 2.32. The smallest absolute Gasteiger partial charge is 0.244 e. The van der Waals surface area contributed by atoms with Gasteiger partial charge in [0, 0.05) is 29.6 Å². The Hall–Kier alpha value is -0.140. The summed E-state index contributed by atoms with van der Waals surface area (Å²) < 4.78 is 27.3. The van der Waals surface area contributed by atoms with Crippen LogP contribution in [0.5, 0.6) is 0 Å². The highest BCUT2D eigenvalue weighted by Crippen LogP contribution is 2.25. The third-order valence-corrected chi connectivity index (χ3v) is 5.82. The second kappa shape index (κ2) is 6.54. The summed E-state index contributed by atoms with van der Waals surface area (Å²) in [7, 11) is -3.41. The van der Waals surface area contributed by atoms with Gasteiger partial charge in [-0.2, -0.15) is 4.31 Å². The third kappa shape index (κ3) is 3.70. The fraction of sp³-hybridized carbons (Fsp3) is 0.500. The molecule has 0 amide bonds. The minimum Gasteiger partial charge on any atom is -0.309 e. The Balaban J connectivity index is 0.00000180. The standard InChI is InChI=1S/C12H17BrN2O2S.ClH/c1-9-7-15(8-10(2)14-9)18(16,17)12-6-4-3-5-11(12)13;/h3-6,9-10,14H,7-8H2,1-2H3;1H. The first kappa shape index (κ1) is 16.9. The number of nitrogens with one attached hydrogen (secondary N) is 1. The molecule has 0 radical (unpaired) electrons. The number of hydrogen-bond donors (Lipinski definition) is 1. The van der Waals surface area contributed by atoms with Crippen molar-refractivity contribution < 1.29 is 8.42 Å². The second-order valence-electron chi connectivity index (χ2n) is 4.72. The summed E-state index contributed by atoms with van der Waals surface area (Å²) in [4.78, 5) is 0.339. The lowest BCUT2D eigenvalue weighted by molar-refractivity contribution is 0.263. The van der Waals surface area contributed by atoms with E-state index in [1.807, 2.05) is 19.9 Å². The summed E-state index contributed by atoms with van der Waals surface area (Å²) in [6.07, 6.45) is 0. The molecule has 2 atom stereocenters. The molecule has 1 heterocycles. The summed E-state index contributed by atoms with van der Waals surface area (Å²) in [5.74, 6) is 0. The van der Waals surface area contributed by atoms with E-state index in [0.717, 1.165) is 0 Å². The minimum atomic E-state index is -3.41. The zero-order valence-corrected chi connectivity index (χ0v) is 14.1. The van der Waals surface area contributed by atoms with Crippen LogP contribution in [0.1, 0.15) is 13.8 Å². The van der Waals surface area contributed by atoms with Gasteiger partial charge in [-0.05, 0) is 41.9 Å². The van der Waals surface area contributed by atoms with Gasteiger partial charge in [0.15, 0.2) is 0 Å². The topological polar surface area (TPSA) is 49.4 Å². The van der Waals surface area contributed by atoms with Crippen LogP contribution in [-0.2, 0) is 10.0 Å². The van der Waals surface area contributed by atoms with Crippen molar-refractivity contribution in [1.29, 1.82) is 0 Å². The maximum atomic E-state index is 12.6. The Morgan fingerprint density at radius 3 is 2.26 bits per heavy atom. The van der Waals surface area contributed by atoms with E-state index in [-0.39, 0.29) is 24.5 Å². The Morgan fingerprint density at radius 2 is 1.74 bits per heavy atom. The fourth-order valence-electron chi connectivity index (χ4n) is 2.27. The lowest BCUT2D eigenvalue weighted by atomic mass is 10.2. The highest BCUT2D eigenvalue weighted by molar-refractivity contribution is 9.10. The molecule has 4 nitrogen and oxygen atoms in total. The first-order valence-electron chi connectivity index (χ1n) is 5.92. The van der Waals surface area contributed by atoms with Crippen molar-refractivity contribution in [3.63, 3.8) is 0 Å². The van der Waals surface area contributed by atoms with E-state index in [4.69, 9.17) is 0 Å². The van der Waals surface area contributed by atoms with E-state index in [2.05, 4.69) is 21.2 Å². The monoisotopic (exact) mass is 368 g/mol. The van der Waals surface area contributed by atoms with Gasteiger partial charge in [0.05, 0.1) is 4.90 Å². The van der Waals surface area contributed by atoms with Crippen molar-refractivity contribution in [3.05, 3.63) is 28.7 Å². The lowest BCUT2D eigenvalue weighted by Crippen LogP contribution is -2.55. The molecule has 1 aromatic rings. The van der Waals surface area contributed by atoms with Crippen molar-refractivity contribution in [2.75, 3.05) is 13.1 Å². The highest BCUT2D eigenvalue weighted by atomic mass is 79.9. The van der Waals surface area contributed by atoms with E-state index < -0.39 is 10.0 Å². The number of hydrogen-bond acceptors (Lipinski definition) is 3. The first-order chi connectivity index (χ1) is 8.41. The van der Waals surface area contributed by atoms with Crippen LogP contribution in [0.3, 0.4) is 0 Å². The van der Waals surface area contributed by atoms with Gasteiger partial charge in [-0.3, -0.25) is 0 Å². The molecule has 0 aromatic heterocycles. The van der Waals surface area contributed by atoms with Gasteiger partial charge in [-0.15, -0.1) is 12.4 Å². The van der Waals surface area contributed by atoms with E-state index >= 15 is 0 Å². The molecular formula is C12H18BrClN2O2S. The molecular weight excluding hydrogens is 352 g/mol. The molecule has 0 saturated carbocycles. The summed E-state index contributed by atoms with van der Waals surface area (Å²) >= 11 is 3.31. The quantitative estimate of drug-likeness (QED) is 0.870. The molecule has 19 heavy (non-hydrogen) atoms. The van der Waals surface area contributed by atoms with Gasteiger partial charge in [0.25, 0.3) is 0 Å². The van der Waals surface area contributed by atoms with Crippen molar-refractivity contribution in [2.24, 2.45) is 0 Å². The molecule has 1 aliphatic heterocycles. The van der Waals surface area contributed by atoms with Gasteiger partial charge in [0.1, 0.15) is 0 Å². The Bertz CT molecular complexity index is 528. The molecule has 2 rings (SSSR count). The van der Waals surface area contributed by atoms with E-state index in [0.29, 0.717) is 22.5 Å². The van der Waals surface area contributed by atoms with Gasteiger partial charge in [-0.1, -0.05) is 12.1 Å². The largest absolute Gasteiger partial charge is 0.309 e. The van der Waals surface area contributed by atoms with Crippen LogP contribution in [0.4, 0.5) is 0 Å². The average Bonchev–Trinajstić information content (AvgIpc) is 2.28. The Labute approximate surface area is 129 Å². The van der Waals surface area contributed by atoms with Gasteiger partial charge < -0.3 is 5.32 Å². The Morgan fingerprint density at radius 1 is 1.21 bits per heavy atom. The predicted molar refractivity (Wildman–Crippen MR) is 82.2 cm³/mol. The molecule has 108 valence electrons. The van der Waals surface area contributed by atoms with Crippen LogP contribution < -0.4 is 5.32 Å². The van der Waals surface area contributed by atoms with Crippen molar-refractivity contribution >= 4 is 38.4 Å². The van der Waals surface area contributed by atoms with Crippen LogP contribution in [0, 0.1) is 0 Å². The van der Waals surface area contributed by atoms with Crippen LogP contribution in [0.15, 0.2) is 33.6 Å². The minimum absolute atomic E-state index is 0. The molecule has 1 aromatic carbocycles. The summed E-state index contributed by atoms with van der Waals surface area (Å²) in [5, 5.41) is 3.33. The molecule has 2 unspecified atom stereocenters. The average molecular weight is 370 g/mol. The molecule has 1 saturated heterocycles. The number of halogens is 2. The zero-order valence-electron chi connectivity index (χ0n) is 10.8. The molecule has 1 aliphatic rings. The molecule has 1 fully saturated rings. The van der Waals surface area contributed by atoms with Gasteiger partial charge >= 0.3 is 0 Å². The fourth-order valence-corrected chi connectivity index (χ4v) is 4.85. The number of sulfonamides is 1. The summed E-state index contributed by atoms with van der Waals surface area (Å²) in [5.41, 5.74) is 0. The SMILES string of the molecule is CC1CN(S(=O)(=O)c2ccccc2Br)CC(C)N1.Cl. The number of nitrogens with zero attached hydrogens (tertiary/aromatic N) is 1. The molecule has 0 aliphatic carbocycles. The molecule has 0 bridgehead atoms. The maximum absolute atomic E-state index is 12.6. The third-order valence-electron chi connectivity index (χ3n) is 2.98. The van der Waals surface area contributed by atoms with Crippen LogP contribution >= 0.6 is 28.3 Å². The van der Waals surface area contributed by atoms with Crippen molar-refractivity contribution in [1.82, 2.24) is 9.62 Å². The maximum Gasteiger partial charge on any atom is 0.244 e. The van der Waals surface area contributed by atoms with Gasteiger partial charge in [-0.25, -0.2) is 8.42 Å². The van der Waals surface area contributed by atoms with Crippen LogP contribution in [0.25, 0.3) is 0 Å². The van der Waals surface area contributed by atoms with Crippen molar-refractivity contribution in [3.8, 4) is 0 Å². The molecule has 0 spiro atoms. The van der Waals surface area contributed by atoms with E-state index in [1.54, 1.807) is 22.5 Å². The normalized spacial score (nSPS) is 24.8. The summed E-state index contributed by atoms with van der Waals surface area (Å²) in [6.45, 7) is 5.01. The van der Waals surface area contributed by atoms with Crippen LogP contribution in [-0.4, -0.2) is 37.9 Å². The van der Waals surface area contributed by atoms with Gasteiger partial charge in [0.2, 0.25) is 10.0 Å². The number of benzene rings is 1. The lowest BCUT2D eigenvalue weighted by Gasteiger charge is -2.35. The first-order valence-corrected chi connectivity index (χ1v) is 8.15. The van der Waals surface area contributed by atoms with Crippen molar-refractivity contribution in [2.45, 2.75) is 30.8 Å². The zero-order chi connectivity index (χ0) is 13.3.